The topological polar surface area (TPSA) is 8.81 Å². The molecule has 1 aromatic heterocycles. The minimum atomic E-state index is 0. The van der Waals surface area contributed by atoms with Crippen LogP contribution in [0.3, 0.4) is 0 Å². The molecule has 0 aliphatic rings. The largest absolute Gasteiger partial charge is 1.00 e. The SMILES string of the molecule is C=Cc1ccc(-c2n(Cc3ccccc3)c3ccccc3[n+]2C)cc1.[Cl-]. The van der Waals surface area contributed by atoms with Crippen molar-refractivity contribution >= 4 is 17.1 Å². The summed E-state index contributed by atoms with van der Waals surface area (Å²) >= 11 is 0. The van der Waals surface area contributed by atoms with Gasteiger partial charge in [0.2, 0.25) is 0 Å². The van der Waals surface area contributed by atoms with Gasteiger partial charge in [0, 0.05) is 0 Å². The third-order valence-electron chi connectivity index (χ3n) is 4.70. The number of imidazole rings is 1. The molecule has 0 N–H and O–H groups in total. The van der Waals surface area contributed by atoms with E-state index in [1.165, 1.54) is 28.0 Å². The monoisotopic (exact) mass is 360 g/mol. The fourth-order valence-electron chi connectivity index (χ4n) is 3.43. The van der Waals surface area contributed by atoms with Gasteiger partial charge in [0.25, 0.3) is 5.82 Å². The molecule has 4 aromatic rings. The van der Waals surface area contributed by atoms with E-state index in [9.17, 15) is 0 Å². The number of halogens is 1. The van der Waals surface area contributed by atoms with Crippen LogP contribution in [0.25, 0.3) is 28.5 Å². The van der Waals surface area contributed by atoms with Crippen molar-refractivity contribution in [2.24, 2.45) is 7.05 Å². The van der Waals surface area contributed by atoms with E-state index in [-0.39, 0.29) is 12.4 Å². The van der Waals surface area contributed by atoms with Gasteiger partial charge in [0.05, 0.1) is 12.6 Å². The Hall–Kier alpha value is -2.84. The van der Waals surface area contributed by atoms with Gasteiger partial charge in [-0.05, 0) is 35.4 Å². The quantitative estimate of drug-likeness (QED) is 0.491. The van der Waals surface area contributed by atoms with Crippen LogP contribution in [-0.4, -0.2) is 4.57 Å². The van der Waals surface area contributed by atoms with Gasteiger partial charge >= 0.3 is 0 Å². The zero-order valence-corrected chi connectivity index (χ0v) is 15.5. The van der Waals surface area contributed by atoms with E-state index in [4.69, 9.17) is 0 Å². The van der Waals surface area contributed by atoms with Gasteiger partial charge in [0.1, 0.15) is 6.54 Å². The van der Waals surface area contributed by atoms with Crippen LogP contribution in [-0.2, 0) is 13.6 Å². The van der Waals surface area contributed by atoms with Crippen LogP contribution in [0.15, 0.2) is 85.4 Å². The third-order valence-corrected chi connectivity index (χ3v) is 4.70. The summed E-state index contributed by atoms with van der Waals surface area (Å²) in [4.78, 5) is 0. The lowest BCUT2D eigenvalue weighted by Crippen LogP contribution is -3.00. The van der Waals surface area contributed by atoms with Crippen molar-refractivity contribution in [3.05, 3.63) is 96.6 Å². The van der Waals surface area contributed by atoms with Crippen molar-refractivity contribution in [2.75, 3.05) is 0 Å². The van der Waals surface area contributed by atoms with Gasteiger partial charge in [-0.15, -0.1) is 0 Å². The summed E-state index contributed by atoms with van der Waals surface area (Å²) in [6.45, 7) is 4.70. The predicted octanol–water partition coefficient (Wildman–Crippen LogP) is 1.83. The molecule has 26 heavy (non-hydrogen) atoms. The Kier molecular flexibility index (Phi) is 5.24. The lowest BCUT2D eigenvalue weighted by molar-refractivity contribution is -0.634. The molecular formula is C23H21ClN2. The van der Waals surface area contributed by atoms with Gasteiger partial charge < -0.3 is 12.4 Å². The summed E-state index contributed by atoms with van der Waals surface area (Å²) in [5, 5.41) is 0. The Morgan fingerprint density at radius 1 is 0.885 bits per heavy atom. The van der Waals surface area contributed by atoms with Crippen LogP contribution >= 0.6 is 0 Å². The van der Waals surface area contributed by atoms with Gasteiger partial charge in [-0.3, -0.25) is 0 Å². The van der Waals surface area contributed by atoms with Gasteiger partial charge in [-0.2, -0.15) is 0 Å². The van der Waals surface area contributed by atoms with E-state index >= 15 is 0 Å². The number of para-hydroxylation sites is 2. The van der Waals surface area contributed by atoms with E-state index in [1.807, 2.05) is 6.08 Å². The summed E-state index contributed by atoms with van der Waals surface area (Å²) in [5.74, 6) is 1.21. The van der Waals surface area contributed by atoms with Crippen LogP contribution < -0.4 is 17.0 Å². The molecule has 0 unspecified atom stereocenters. The first-order chi connectivity index (χ1) is 12.3. The molecule has 4 rings (SSSR count). The normalized spacial score (nSPS) is 10.5. The van der Waals surface area contributed by atoms with Crippen molar-refractivity contribution in [2.45, 2.75) is 6.54 Å². The maximum absolute atomic E-state index is 3.85. The van der Waals surface area contributed by atoms with Crippen molar-refractivity contribution in [1.82, 2.24) is 4.57 Å². The number of hydrogen-bond acceptors (Lipinski definition) is 0. The van der Waals surface area contributed by atoms with Crippen LogP contribution in [0.2, 0.25) is 0 Å². The Morgan fingerprint density at radius 3 is 2.23 bits per heavy atom. The second kappa shape index (κ2) is 7.59. The Labute approximate surface area is 160 Å². The molecule has 0 saturated carbocycles. The summed E-state index contributed by atoms with van der Waals surface area (Å²) in [7, 11) is 2.14. The molecule has 0 saturated heterocycles. The van der Waals surface area contributed by atoms with Crippen molar-refractivity contribution in [3.8, 4) is 11.4 Å². The number of fused-ring (bicyclic) bond motifs is 1. The minimum Gasteiger partial charge on any atom is -1.00 e. The first kappa shape index (κ1) is 18.0. The van der Waals surface area contributed by atoms with Crippen molar-refractivity contribution in [3.63, 3.8) is 0 Å². The van der Waals surface area contributed by atoms with E-state index in [1.54, 1.807) is 0 Å². The molecule has 0 atom stereocenters. The second-order valence-corrected chi connectivity index (χ2v) is 6.27. The number of rotatable bonds is 4. The fourth-order valence-corrected chi connectivity index (χ4v) is 3.43. The third kappa shape index (κ3) is 3.16. The molecule has 3 heteroatoms. The fraction of sp³-hybridized carbons (Fsp3) is 0.0870. The summed E-state index contributed by atoms with van der Waals surface area (Å²) in [6, 6.07) is 27.8. The van der Waals surface area contributed by atoms with Crippen molar-refractivity contribution < 1.29 is 17.0 Å². The molecule has 0 bridgehead atoms. The van der Waals surface area contributed by atoms with Crippen LogP contribution in [0.1, 0.15) is 11.1 Å². The van der Waals surface area contributed by atoms with Crippen LogP contribution in [0.4, 0.5) is 0 Å². The molecule has 3 aromatic carbocycles. The molecule has 0 spiro atoms. The number of hydrogen-bond donors (Lipinski definition) is 0. The number of nitrogens with zero attached hydrogens (tertiary/aromatic N) is 2. The molecule has 2 nitrogen and oxygen atoms in total. The first-order valence-corrected chi connectivity index (χ1v) is 8.52. The highest BCUT2D eigenvalue weighted by molar-refractivity contribution is 5.76. The van der Waals surface area contributed by atoms with Gasteiger partial charge in [-0.1, -0.05) is 67.3 Å². The summed E-state index contributed by atoms with van der Waals surface area (Å²) < 4.78 is 4.68. The molecule has 0 fully saturated rings. The number of aromatic nitrogens is 2. The van der Waals surface area contributed by atoms with Crippen molar-refractivity contribution in [1.29, 1.82) is 0 Å². The molecule has 0 aliphatic heterocycles. The summed E-state index contributed by atoms with van der Waals surface area (Å²) in [5.41, 5.74) is 6.13. The smallest absolute Gasteiger partial charge is 0.289 e. The van der Waals surface area contributed by atoms with Crippen LogP contribution in [0, 0.1) is 0 Å². The number of benzene rings is 3. The molecule has 1 heterocycles. The number of aryl methyl sites for hydroxylation is 1. The second-order valence-electron chi connectivity index (χ2n) is 6.27. The van der Waals surface area contributed by atoms with E-state index in [2.05, 4.69) is 102 Å². The zero-order chi connectivity index (χ0) is 17.2. The average molecular weight is 361 g/mol. The Bertz CT molecular complexity index is 1030. The molecule has 130 valence electrons. The van der Waals surface area contributed by atoms with E-state index in [0.717, 1.165) is 12.1 Å². The summed E-state index contributed by atoms with van der Waals surface area (Å²) in [6.07, 6.45) is 1.88. The molecular weight excluding hydrogens is 340 g/mol. The minimum absolute atomic E-state index is 0. The zero-order valence-electron chi connectivity index (χ0n) is 14.8. The lowest BCUT2D eigenvalue weighted by atomic mass is 10.1. The molecule has 0 amide bonds. The standard InChI is InChI=1S/C23H21N2.ClH/c1-3-18-13-15-20(16-14-18)23-24(2)21-11-7-8-12-22(21)25(23)17-19-9-5-4-6-10-19;/h3-16H,1,17H2,2H3;1H/q+1;/p-1. The van der Waals surface area contributed by atoms with E-state index in [0.29, 0.717) is 0 Å². The average Bonchev–Trinajstić information content (AvgIpc) is 2.95. The highest BCUT2D eigenvalue weighted by Crippen LogP contribution is 2.24. The molecule has 0 radical (unpaired) electrons. The molecule has 0 aliphatic carbocycles. The first-order valence-electron chi connectivity index (χ1n) is 8.52. The maximum atomic E-state index is 3.85. The highest BCUT2D eigenvalue weighted by Gasteiger charge is 2.23. The van der Waals surface area contributed by atoms with Gasteiger partial charge in [-0.25, -0.2) is 9.13 Å². The lowest BCUT2D eigenvalue weighted by Gasteiger charge is -2.05. The van der Waals surface area contributed by atoms with Crippen LogP contribution in [0.5, 0.6) is 0 Å². The highest BCUT2D eigenvalue weighted by atomic mass is 35.5. The Balaban J connectivity index is 0.00000196. The van der Waals surface area contributed by atoms with E-state index < -0.39 is 0 Å². The Morgan fingerprint density at radius 2 is 1.54 bits per heavy atom. The predicted molar refractivity (Wildman–Crippen MR) is 104 cm³/mol. The maximum Gasteiger partial charge on any atom is 0.289 e. The van der Waals surface area contributed by atoms with Gasteiger partial charge in [0.15, 0.2) is 11.0 Å².